The molecule has 1 heterocycles. The topological polar surface area (TPSA) is 54.2 Å². The van der Waals surface area contributed by atoms with Gasteiger partial charge in [0.1, 0.15) is 0 Å². The highest BCUT2D eigenvalue weighted by Crippen LogP contribution is 2.19. The number of aromatic nitrogens is 2. The van der Waals surface area contributed by atoms with E-state index >= 15 is 0 Å². The predicted octanol–water partition coefficient (Wildman–Crippen LogP) is 2.96. The lowest BCUT2D eigenvalue weighted by Gasteiger charge is -2.16. The fraction of sp³-hybridized carbons (Fsp3) is 0.667. The van der Waals surface area contributed by atoms with Crippen LogP contribution in [0, 0.1) is 5.92 Å². The average molecular weight is 317 g/mol. The van der Waals surface area contributed by atoms with Gasteiger partial charge in [-0.25, -0.2) is 0 Å². The van der Waals surface area contributed by atoms with Crippen molar-refractivity contribution in [3.63, 3.8) is 0 Å². The molecule has 1 unspecified atom stereocenters. The Kier molecular flexibility index (Phi) is 7.70. The van der Waals surface area contributed by atoms with Crippen LogP contribution in [-0.4, -0.2) is 35.4 Å². The van der Waals surface area contributed by atoms with Crippen LogP contribution in [0.5, 0.6) is 0 Å². The van der Waals surface area contributed by atoms with E-state index in [1.54, 1.807) is 5.57 Å². The molecule has 1 aliphatic carbocycles. The second-order valence-electron chi connectivity index (χ2n) is 6.34. The lowest BCUT2D eigenvalue weighted by molar-refractivity contribution is 0.458. The molecule has 1 aromatic rings. The van der Waals surface area contributed by atoms with Crippen LogP contribution in [0.4, 0.5) is 0 Å². The van der Waals surface area contributed by atoms with E-state index in [0.717, 1.165) is 38.6 Å². The standard InChI is InChI=1S/C18H31N5/c1-3-19-18(20-12-10-17-8-5-4-6-9-17)21-14-16(2)15-23-13-7-11-22-23/h7-8,11,13,16H,3-6,9-10,12,14-15H2,1-2H3,(H2,19,20,21). The van der Waals surface area contributed by atoms with Crippen molar-refractivity contribution < 1.29 is 0 Å². The smallest absolute Gasteiger partial charge is 0.191 e. The van der Waals surface area contributed by atoms with Crippen LogP contribution in [0.2, 0.25) is 0 Å². The molecule has 0 spiro atoms. The van der Waals surface area contributed by atoms with E-state index in [9.17, 15) is 0 Å². The van der Waals surface area contributed by atoms with E-state index in [0.29, 0.717) is 5.92 Å². The first-order valence-corrected chi connectivity index (χ1v) is 8.95. The average Bonchev–Trinajstić information content (AvgIpc) is 3.06. The van der Waals surface area contributed by atoms with Gasteiger partial charge in [0.2, 0.25) is 0 Å². The summed E-state index contributed by atoms with van der Waals surface area (Å²) in [5, 5.41) is 11.0. The van der Waals surface area contributed by atoms with Crippen molar-refractivity contribution >= 4 is 5.96 Å². The van der Waals surface area contributed by atoms with Gasteiger partial charge in [-0.3, -0.25) is 9.67 Å². The van der Waals surface area contributed by atoms with E-state index in [-0.39, 0.29) is 0 Å². The first kappa shape index (κ1) is 17.6. The largest absolute Gasteiger partial charge is 0.357 e. The minimum atomic E-state index is 0.464. The second-order valence-corrected chi connectivity index (χ2v) is 6.34. The van der Waals surface area contributed by atoms with Crippen LogP contribution in [0.3, 0.4) is 0 Å². The van der Waals surface area contributed by atoms with Gasteiger partial charge in [-0.15, -0.1) is 0 Å². The minimum absolute atomic E-state index is 0.464. The Morgan fingerprint density at radius 1 is 1.39 bits per heavy atom. The van der Waals surface area contributed by atoms with Gasteiger partial charge in [0.25, 0.3) is 0 Å². The first-order chi connectivity index (χ1) is 11.3. The zero-order valence-electron chi connectivity index (χ0n) is 14.6. The van der Waals surface area contributed by atoms with Crippen LogP contribution in [0.1, 0.15) is 46.0 Å². The minimum Gasteiger partial charge on any atom is -0.357 e. The summed E-state index contributed by atoms with van der Waals surface area (Å²) in [6.07, 6.45) is 12.6. The highest BCUT2D eigenvalue weighted by Gasteiger charge is 2.06. The maximum atomic E-state index is 4.71. The van der Waals surface area contributed by atoms with E-state index in [1.807, 2.05) is 23.1 Å². The molecule has 1 aromatic heterocycles. The van der Waals surface area contributed by atoms with Crippen LogP contribution in [-0.2, 0) is 6.54 Å². The summed E-state index contributed by atoms with van der Waals surface area (Å²) in [5.74, 6) is 1.39. The number of nitrogens with one attached hydrogen (secondary N) is 2. The summed E-state index contributed by atoms with van der Waals surface area (Å²) in [5.41, 5.74) is 1.60. The Hall–Kier alpha value is -1.78. The van der Waals surface area contributed by atoms with Crippen molar-refractivity contribution in [3.05, 3.63) is 30.1 Å². The molecule has 0 aliphatic heterocycles. The molecule has 5 nitrogen and oxygen atoms in total. The third kappa shape index (κ3) is 6.89. The van der Waals surface area contributed by atoms with E-state index < -0.39 is 0 Å². The third-order valence-corrected chi connectivity index (χ3v) is 4.09. The Bertz CT molecular complexity index is 490. The molecule has 2 rings (SSSR count). The molecule has 2 N–H and O–H groups in total. The molecule has 1 atom stereocenters. The SMILES string of the molecule is CCNC(=NCC(C)Cn1cccn1)NCCC1=CCCCC1. The lowest BCUT2D eigenvalue weighted by atomic mass is 9.97. The fourth-order valence-corrected chi connectivity index (χ4v) is 2.85. The molecular weight excluding hydrogens is 286 g/mol. The Labute approximate surface area is 140 Å². The van der Waals surface area contributed by atoms with Crippen molar-refractivity contribution in [2.75, 3.05) is 19.6 Å². The van der Waals surface area contributed by atoms with Crippen LogP contribution in [0.15, 0.2) is 35.1 Å². The fourth-order valence-electron chi connectivity index (χ4n) is 2.85. The highest BCUT2D eigenvalue weighted by atomic mass is 15.3. The van der Waals surface area contributed by atoms with Crippen LogP contribution < -0.4 is 10.6 Å². The summed E-state index contributed by atoms with van der Waals surface area (Å²) in [6, 6.07) is 1.96. The predicted molar refractivity (Wildman–Crippen MR) is 96.5 cm³/mol. The zero-order valence-corrected chi connectivity index (χ0v) is 14.6. The Balaban J connectivity index is 1.73. The maximum absolute atomic E-state index is 4.71. The summed E-state index contributed by atoms with van der Waals surface area (Å²) >= 11 is 0. The van der Waals surface area contributed by atoms with E-state index in [1.165, 1.54) is 25.7 Å². The van der Waals surface area contributed by atoms with Gasteiger partial charge in [0, 0.05) is 38.6 Å². The van der Waals surface area contributed by atoms with Crippen molar-refractivity contribution in [1.29, 1.82) is 0 Å². The van der Waals surface area contributed by atoms with Gasteiger partial charge in [-0.1, -0.05) is 18.6 Å². The second kappa shape index (κ2) is 10.1. The number of hydrogen-bond donors (Lipinski definition) is 2. The van der Waals surface area contributed by atoms with Crippen LogP contribution >= 0.6 is 0 Å². The molecule has 5 heteroatoms. The molecule has 0 saturated carbocycles. The molecule has 128 valence electrons. The molecule has 0 amide bonds. The highest BCUT2D eigenvalue weighted by molar-refractivity contribution is 5.79. The number of guanidine groups is 1. The molecule has 0 fully saturated rings. The number of rotatable bonds is 8. The lowest BCUT2D eigenvalue weighted by Crippen LogP contribution is -2.38. The first-order valence-electron chi connectivity index (χ1n) is 8.95. The maximum Gasteiger partial charge on any atom is 0.191 e. The van der Waals surface area contributed by atoms with E-state index in [4.69, 9.17) is 4.99 Å². The van der Waals surface area contributed by atoms with Crippen molar-refractivity contribution in [2.24, 2.45) is 10.9 Å². The number of aliphatic imine (C=N–C) groups is 1. The monoisotopic (exact) mass is 317 g/mol. The van der Waals surface area contributed by atoms with Gasteiger partial charge >= 0.3 is 0 Å². The summed E-state index contributed by atoms with van der Waals surface area (Å²) in [7, 11) is 0. The van der Waals surface area contributed by atoms with Gasteiger partial charge in [-0.2, -0.15) is 5.10 Å². The molecule has 0 saturated heterocycles. The third-order valence-electron chi connectivity index (χ3n) is 4.09. The molecule has 0 radical (unpaired) electrons. The quantitative estimate of drug-likeness (QED) is 0.440. The molecule has 23 heavy (non-hydrogen) atoms. The zero-order chi connectivity index (χ0) is 16.3. The summed E-state index contributed by atoms with van der Waals surface area (Å²) in [6.45, 7) is 7.88. The van der Waals surface area contributed by atoms with E-state index in [2.05, 4.69) is 35.7 Å². The van der Waals surface area contributed by atoms with Crippen molar-refractivity contribution in [2.45, 2.75) is 52.5 Å². The molecule has 1 aliphatic rings. The molecule has 0 aromatic carbocycles. The normalized spacial score (nSPS) is 16.8. The van der Waals surface area contributed by atoms with Crippen LogP contribution in [0.25, 0.3) is 0 Å². The van der Waals surface area contributed by atoms with Gasteiger partial charge in [0.15, 0.2) is 5.96 Å². The Morgan fingerprint density at radius 2 is 2.30 bits per heavy atom. The Morgan fingerprint density at radius 3 is 3.00 bits per heavy atom. The number of allylic oxidation sites excluding steroid dienone is 1. The van der Waals surface area contributed by atoms with Crippen molar-refractivity contribution in [3.8, 4) is 0 Å². The number of hydrogen-bond acceptors (Lipinski definition) is 2. The number of nitrogens with zero attached hydrogens (tertiary/aromatic N) is 3. The van der Waals surface area contributed by atoms with Gasteiger partial charge < -0.3 is 10.6 Å². The summed E-state index contributed by atoms with van der Waals surface area (Å²) < 4.78 is 1.97. The van der Waals surface area contributed by atoms with Crippen molar-refractivity contribution in [1.82, 2.24) is 20.4 Å². The molecule has 0 bridgehead atoms. The molecular formula is C18H31N5. The van der Waals surface area contributed by atoms with Gasteiger partial charge in [0.05, 0.1) is 0 Å². The van der Waals surface area contributed by atoms with Gasteiger partial charge in [-0.05, 0) is 51.0 Å². The summed E-state index contributed by atoms with van der Waals surface area (Å²) in [4.78, 5) is 4.71.